The van der Waals surface area contributed by atoms with Crippen LogP contribution in [-0.4, -0.2) is 44.4 Å². The Balaban J connectivity index is 1.91. The summed E-state index contributed by atoms with van der Waals surface area (Å²) in [6.45, 7) is 6.18. The number of rotatable bonds is 10. The average Bonchev–Trinajstić information content (AvgIpc) is 2.39. The number of nitrogens with one attached hydrogen (secondary N) is 3. The molecule has 0 atom stereocenters. The predicted octanol–water partition coefficient (Wildman–Crippen LogP) is -0.380. The van der Waals surface area contributed by atoms with Crippen molar-refractivity contribution in [2.75, 3.05) is 39.3 Å². The Hall–Kier alpha value is -1.14. The monoisotopic (exact) mass is 252 g/mol. The zero-order valence-electron chi connectivity index (χ0n) is 10.8. The first-order valence-electron chi connectivity index (χ1n) is 6.43. The first-order valence-corrected chi connectivity index (χ1v) is 6.43. The van der Waals surface area contributed by atoms with Crippen LogP contribution in [0.2, 0.25) is 0 Å². The van der Waals surface area contributed by atoms with Crippen LogP contribution in [0.3, 0.4) is 0 Å². The summed E-state index contributed by atoms with van der Waals surface area (Å²) in [5.74, 6) is 0.311. The third-order valence-electron chi connectivity index (χ3n) is 2.54. The number of hydrogen-bond acceptors (Lipinski definition) is 5. The third-order valence-corrected chi connectivity index (χ3v) is 2.54. The Morgan fingerprint density at radius 1 is 0.833 bits per heavy atom. The molecule has 0 amide bonds. The fourth-order valence-electron chi connectivity index (χ4n) is 1.55. The molecule has 0 spiro atoms. The highest BCUT2D eigenvalue weighted by atomic mass is 16.3. The van der Waals surface area contributed by atoms with Crippen LogP contribution in [0, 0.1) is 0 Å². The second kappa shape index (κ2) is 9.85. The van der Waals surface area contributed by atoms with Crippen LogP contribution in [0.5, 0.6) is 5.75 Å². The fourth-order valence-corrected chi connectivity index (χ4v) is 1.55. The van der Waals surface area contributed by atoms with Crippen molar-refractivity contribution in [3.63, 3.8) is 0 Å². The number of benzene rings is 1. The molecule has 1 aromatic rings. The van der Waals surface area contributed by atoms with E-state index in [0.29, 0.717) is 12.3 Å². The summed E-state index contributed by atoms with van der Waals surface area (Å²) in [6.07, 6.45) is 0. The maximum atomic E-state index is 9.14. The highest BCUT2D eigenvalue weighted by Crippen LogP contribution is 2.08. The molecule has 5 nitrogen and oxygen atoms in total. The summed E-state index contributed by atoms with van der Waals surface area (Å²) in [5.41, 5.74) is 6.54. The second-order valence-corrected chi connectivity index (χ2v) is 4.13. The summed E-state index contributed by atoms with van der Waals surface area (Å²) in [5, 5.41) is 19.0. The Morgan fingerprint density at radius 2 is 1.39 bits per heavy atom. The molecular weight excluding hydrogens is 228 g/mol. The number of hydrogen-bond donors (Lipinski definition) is 5. The van der Waals surface area contributed by atoms with E-state index < -0.39 is 0 Å². The van der Waals surface area contributed by atoms with Crippen molar-refractivity contribution in [2.45, 2.75) is 6.54 Å². The molecule has 0 saturated carbocycles. The van der Waals surface area contributed by atoms with Crippen LogP contribution in [0.1, 0.15) is 5.56 Å². The van der Waals surface area contributed by atoms with Crippen molar-refractivity contribution in [2.24, 2.45) is 5.73 Å². The normalized spacial score (nSPS) is 10.7. The topological polar surface area (TPSA) is 82.3 Å². The van der Waals surface area contributed by atoms with Gasteiger partial charge < -0.3 is 26.8 Å². The summed E-state index contributed by atoms with van der Waals surface area (Å²) in [6, 6.07) is 7.26. The Bertz CT molecular complexity index is 302. The van der Waals surface area contributed by atoms with Gasteiger partial charge in [0.15, 0.2) is 0 Å². The summed E-state index contributed by atoms with van der Waals surface area (Å²) >= 11 is 0. The van der Waals surface area contributed by atoms with Gasteiger partial charge in [-0.2, -0.15) is 0 Å². The highest BCUT2D eigenvalue weighted by Gasteiger charge is 1.93. The van der Waals surface area contributed by atoms with E-state index in [1.165, 1.54) is 5.56 Å². The highest BCUT2D eigenvalue weighted by molar-refractivity contribution is 5.25. The summed E-state index contributed by atoms with van der Waals surface area (Å²) in [4.78, 5) is 0. The lowest BCUT2D eigenvalue weighted by Crippen LogP contribution is -2.34. The maximum absolute atomic E-state index is 9.14. The Kier molecular flexibility index (Phi) is 8.16. The van der Waals surface area contributed by atoms with Crippen LogP contribution in [-0.2, 0) is 6.54 Å². The molecule has 0 bridgehead atoms. The van der Waals surface area contributed by atoms with E-state index in [9.17, 15) is 0 Å². The number of nitrogens with two attached hydrogens (primary N) is 1. The largest absolute Gasteiger partial charge is 0.508 e. The molecule has 1 aromatic carbocycles. The van der Waals surface area contributed by atoms with Crippen molar-refractivity contribution in [1.29, 1.82) is 0 Å². The molecule has 0 unspecified atom stereocenters. The molecule has 0 aliphatic heterocycles. The van der Waals surface area contributed by atoms with Gasteiger partial charge in [-0.1, -0.05) is 12.1 Å². The molecule has 102 valence electrons. The van der Waals surface area contributed by atoms with Crippen molar-refractivity contribution in [3.8, 4) is 5.75 Å². The van der Waals surface area contributed by atoms with Crippen molar-refractivity contribution in [1.82, 2.24) is 16.0 Å². The Morgan fingerprint density at radius 3 is 2.00 bits per heavy atom. The van der Waals surface area contributed by atoms with Gasteiger partial charge >= 0.3 is 0 Å². The van der Waals surface area contributed by atoms with Crippen LogP contribution in [0.25, 0.3) is 0 Å². The molecule has 0 fully saturated rings. The van der Waals surface area contributed by atoms with Gasteiger partial charge in [-0.3, -0.25) is 0 Å². The standard InChI is InChI=1S/C13H24N4O/c14-5-6-15-7-8-16-9-10-17-11-12-1-3-13(18)4-2-12/h1-4,15-18H,5-11,14H2. The lowest BCUT2D eigenvalue weighted by molar-refractivity contribution is 0.475. The number of phenols is 1. The van der Waals surface area contributed by atoms with Gasteiger partial charge in [-0.05, 0) is 17.7 Å². The van der Waals surface area contributed by atoms with Gasteiger partial charge in [0.05, 0.1) is 0 Å². The third kappa shape index (κ3) is 7.24. The van der Waals surface area contributed by atoms with Crippen molar-refractivity contribution >= 4 is 0 Å². The molecule has 5 heteroatoms. The lowest BCUT2D eigenvalue weighted by Gasteiger charge is -2.07. The summed E-state index contributed by atoms with van der Waals surface area (Å²) in [7, 11) is 0. The minimum absolute atomic E-state index is 0.311. The van der Waals surface area contributed by atoms with E-state index in [4.69, 9.17) is 10.8 Å². The van der Waals surface area contributed by atoms with E-state index in [2.05, 4.69) is 16.0 Å². The first-order chi connectivity index (χ1) is 8.83. The van der Waals surface area contributed by atoms with Crippen LogP contribution in [0.4, 0.5) is 0 Å². The SMILES string of the molecule is NCCNCCNCCNCc1ccc(O)cc1. The van der Waals surface area contributed by atoms with E-state index in [1.807, 2.05) is 12.1 Å². The maximum Gasteiger partial charge on any atom is 0.115 e. The Labute approximate surface area is 109 Å². The van der Waals surface area contributed by atoms with Gasteiger partial charge in [-0.25, -0.2) is 0 Å². The van der Waals surface area contributed by atoms with E-state index >= 15 is 0 Å². The molecule has 0 saturated heterocycles. The zero-order valence-corrected chi connectivity index (χ0v) is 10.8. The molecule has 0 radical (unpaired) electrons. The smallest absolute Gasteiger partial charge is 0.115 e. The average molecular weight is 252 g/mol. The quantitative estimate of drug-likeness (QED) is 0.367. The van der Waals surface area contributed by atoms with E-state index in [-0.39, 0.29) is 0 Å². The second-order valence-electron chi connectivity index (χ2n) is 4.13. The van der Waals surface area contributed by atoms with Gasteiger partial charge in [0.1, 0.15) is 5.75 Å². The minimum Gasteiger partial charge on any atom is -0.508 e. The van der Waals surface area contributed by atoms with Gasteiger partial charge in [0, 0.05) is 45.8 Å². The molecule has 18 heavy (non-hydrogen) atoms. The molecule has 1 rings (SSSR count). The van der Waals surface area contributed by atoms with E-state index in [1.54, 1.807) is 12.1 Å². The molecule has 6 N–H and O–H groups in total. The predicted molar refractivity (Wildman–Crippen MR) is 74.6 cm³/mol. The van der Waals surface area contributed by atoms with Crippen molar-refractivity contribution in [3.05, 3.63) is 29.8 Å². The molecule has 0 aromatic heterocycles. The zero-order chi connectivity index (χ0) is 13.1. The van der Waals surface area contributed by atoms with Crippen LogP contribution < -0.4 is 21.7 Å². The number of phenolic OH excluding ortho intramolecular Hbond substituents is 1. The van der Waals surface area contributed by atoms with Crippen molar-refractivity contribution < 1.29 is 5.11 Å². The molecule has 0 aliphatic carbocycles. The molecular formula is C13H24N4O. The fraction of sp³-hybridized carbons (Fsp3) is 0.538. The minimum atomic E-state index is 0.311. The lowest BCUT2D eigenvalue weighted by atomic mass is 10.2. The van der Waals surface area contributed by atoms with Gasteiger partial charge in [0.25, 0.3) is 0 Å². The first kappa shape index (κ1) is 14.9. The van der Waals surface area contributed by atoms with E-state index in [0.717, 1.165) is 39.3 Å². The van der Waals surface area contributed by atoms with Gasteiger partial charge in [0.2, 0.25) is 0 Å². The molecule has 0 heterocycles. The summed E-state index contributed by atoms with van der Waals surface area (Å²) < 4.78 is 0. The van der Waals surface area contributed by atoms with Crippen LogP contribution in [0.15, 0.2) is 24.3 Å². The van der Waals surface area contributed by atoms with Gasteiger partial charge in [-0.15, -0.1) is 0 Å². The molecule has 0 aliphatic rings. The number of aromatic hydroxyl groups is 1. The van der Waals surface area contributed by atoms with Crippen LogP contribution >= 0.6 is 0 Å².